The summed E-state index contributed by atoms with van der Waals surface area (Å²) in [5, 5.41) is -0.512. The summed E-state index contributed by atoms with van der Waals surface area (Å²) in [5.41, 5.74) is 0. The number of alkyl halides is 1. The quantitative estimate of drug-likeness (QED) is 0.775. The summed E-state index contributed by atoms with van der Waals surface area (Å²) in [4.78, 5) is 27.4. The Morgan fingerprint density at radius 3 is 2.32 bits per heavy atom. The molecular weight excluding hydrogens is 304 g/mol. The van der Waals surface area contributed by atoms with Crippen molar-refractivity contribution < 1.29 is 14.3 Å². The van der Waals surface area contributed by atoms with E-state index in [4.69, 9.17) is 16.3 Å². The molecule has 1 heterocycles. The van der Waals surface area contributed by atoms with Crippen molar-refractivity contribution >= 4 is 23.4 Å². The fraction of sp³-hybridized carbons (Fsp3) is 0.500. The van der Waals surface area contributed by atoms with Crippen LogP contribution in [0.5, 0.6) is 5.75 Å². The summed E-state index contributed by atoms with van der Waals surface area (Å²) in [6, 6.07) is 9.43. The molecule has 1 aromatic carbocycles. The second kappa shape index (κ2) is 8.03. The summed E-state index contributed by atoms with van der Waals surface area (Å²) in [5.74, 6) is 0.755. The highest BCUT2D eigenvalue weighted by molar-refractivity contribution is 6.30. The summed E-state index contributed by atoms with van der Waals surface area (Å²) in [6.45, 7) is 4.23. The van der Waals surface area contributed by atoms with Gasteiger partial charge in [0.1, 0.15) is 11.1 Å². The van der Waals surface area contributed by atoms with Gasteiger partial charge < -0.3 is 14.5 Å². The van der Waals surface area contributed by atoms with E-state index in [2.05, 4.69) is 0 Å². The molecule has 0 spiro atoms. The number of nitrogens with zero attached hydrogens (tertiary/aromatic N) is 2. The van der Waals surface area contributed by atoms with Crippen LogP contribution in [-0.2, 0) is 9.59 Å². The van der Waals surface area contributed by atoms with Crippen LogP contribution in [0.4, 0.5) is 0 Å². The van der Waals surface area contributed by atoms with Gasteiger partial charge >= 0.3 is 0 Å². The minimum absolute atomic E-state index is 0.0574. The van der Waals surface area contributed by atoms with Crippen molar-refractivity contribution in [1.82, 2.24) is 9.80 Å². The number of amides is 2. The molecule has 2 rings (SSSR count). The topological polar surface area (TPSA) is 49.9 Å². The van der Waals surface area contributed by atoms with Crippen LogP contribution in [-0.4, -0.2) is 59.8 Å². The minimum atomic E-state index is -0.512. The molecule has 0 saturated carbocycles. The first-order valence-electron chi connectivity index (χ1n) is 7.46. The number of ether oxygens (including phenoxy) is 1. The maximum atomic E-state index is 12.1. The number of rotatable bonds is 5. The van der Waals surface area contributed by atoms with Gasteiger partial charge in [0.25, 0.3) is 0 Å². The summed E-state index contributed by atoms with van der Waals surface area (Å²) in [7, 11) is 0. The van der Waals surface area contributed by atoms with Gasteiger partial charge in [-0.2, -0.15) is 0 Å². The van der Waals surface area contributed by atoms with E-state index in [0.29, 0.717) is 39.2 Å². The highest BCUT2D eigenvalue weighted by atomic mass is 35.5. The molecule has 2 amide bonds. The lowest BCUT2D eigenvalue weighted by molar-refractivity contribution is -0.139. The van der Waals surface area contributed by atoms with Gasteiger partial charge in [-0.05, 0) is 19.1 Å². The third-order valence-electron chi connectivity index (χ3n) is 3.61. The fourth-order valence-electron chi connectivity index (χ4n) is 2.36. The molecule has 1 fully saturated rings. The molecule has 1 saturated heterocycles. The van der Waals surface area contributed by atoms with Gasteiger partial charge in [0.15, 0.2) is 0 Å². The first-order chi connectivity index (χ1) is 10.6. The van der Waals surface area contributed by atoms with Crippen LogP contribution in [0.15, 0.2) is 30.3 Å². The normalized spacial score (nSPS) is 16.3. The molecule has 1 aliphatic heterocycles. The highest BCUT2D eigenvalue weighted by Gasteiger charge is 2.25. The van der Waals surface area contributed by atoms with Gasteiger partial charge in [-0.25, -0.2) is 0 Å². The number of hydrogen-bond acceptors (Lipinski definition) is 3. The Morgan fingerprint density at radius 2 is 1.73 bits per heavy atom. The monoisotopic (exact) mass is 324 g/mol. The zero-order valence-corrected chi connectivity index (χ0v) is 13.5. The van der Waals surface area contributed by atoms with E-state index in [-0.39, 0.29) is 11.8 Å². The first-order valence-corrected chi connectivity index (χ1v) is 7.90. The second-order valence-electron chi connectivity index (χ2n) is 5.23. The zero-order chi connectivity index (χ0) is 15.9. The fourth-order valence-corrected chi connectivity index (χ4v) is 2.50. The summed E-state index contributed by atoms with van der Waals surface area (Å²) in [6.07, 6.45) is 0.342. The minimum Gasteiger partial charge on any atom is -0.493 e. The SMILES string of the molecule is CC(Cl)C(=O)N1CCN(C(=O)CCOc2ccccc2)CC1. The molecule has 1 unspecified atom stereocenters. The number of piperazine rings is 1. The summed E-state index contributed by atoms with van der Waals surface area (Å²) >= 11 is 5.80. The van der Waals surface area contributed by atoms with Crippen molar-refractivity contribution in [3.63, 3.8) is 0 Å². The van der Waals surface area contributed by atoms with Gasteiger partial charge in [-0.3, -0.25) is 9.59 Å². The van der Waals surface area contributed by atoms with Crippen molar-refractivity contribution in [2.24, 2.45) is 0 Å². The Kier molecular flexibility index (Phi) is 6.07. The van der Waals surface area contributed by atoms with Gasteiger partial charge in [-0.15, -0.1) is 11.6 Å². The summed E-state index contributed by atoms with van der Waals surface area (Å²) < 4.78 is 5.53. The van der Waals surface area contributed by atoms with E-state index >= 15 is 0 Å². The Labute approximate surface area is 135 Å². The van der Waals surface area contributed by atoms with E-state index in [1.165, 1.54) is 0 Å². The number of benzene rings is 1. The van der Waals surface area contributed by atoms with Crippen LogP contribution in [0.25, 0.3) is 0 Å². The van der Waals surface area contributed by atoms with Crippen LogP contribution < -0.4 is 4.74 Å². The third kappa shape index (κ3) is 4.63. The Balaban J connectivity index is 1.70. The van der Waals surface area contributed by atoms with Gasteiger partial charge in [0.05, 0.1) is 13.0 Å². The number of carbonyl (C=O) groups is 2. The Bertz CT molecular complexity index is 499. The maximum Gasteiger partial charge on any atom is 0.240 e. The molecule has 120 valence electrons. The van der Waals surface area contributed by atoms with E-state index in [9.17, 15) is 9.59 Å². The van der Waals surface area contributed by atoms with Crippen LogP contribution in [0, 0.1) is 0 Å². The molecule has 0 bridgehead atoms. The molecule has 6 heteroatoms. The van der Waals surface area contributed by atoms with Gasteiger partial charge in [0, 0.05) is 26.2 Å². The van der Waals surface area contributed by atoms with Crippen molar-refractivity contribution in [1.29, 1.82) is 0 Å². The van der Waals surface area contributed by atoms with Crippen molar-refractivity contribution in [3.8, 4) is 5.75 Å². The molecule has 5 nitrogen and oxygen atoms in total. The zero-order valence-electron chi connectivity index (χ0n) is 12.7. The number of hydrogen-bond donors (Lipinski definition) is 0. The van der Waals surface area contributed by atoms with Crippen LogP contribution in [0.1, 0.15) is 13.3 Å². The predicted molar refractivity (Wildman–Crippen MR) is 85.0 cm³/mol. The smallest absolute Gasteiger partial charge is 0.240 e. The molecule has 0 aromatic heterocycles. The molecule has 0 aliphatic carbocycles. The van der Waals surface area contributed by atoms with Crippen LogP contribution in [0.2, 0.25) is 0 Å². The van der Waals surface area contributed by atoms with Crippen LogP contribution in [0.3, 0.4) is 0 Å². The lowest BCUT2D eigenvalue weighted by atomic mass is 10.2. The predicted octanol–water partition coefficient (Wildman–Crippen LogP) is 1.75. The van der Waals surface area contributed by atoms with Crippen LogP contribution >= 0.6 is 11.6 Å². The Morgan fingerprint density at radius 1 is 1.14 bits per heavy atom. The number of para-hydroxylation sites is 1. The lowest BCUT2D eigenvalue weighted by Crippen LogP contribution is -2.52. The van der Waals surface area contributed by atoms with E-state index in [1.807, 2.05) is 30.3 Å². The molecule has 1 atom stereocenters. The highest BCUT2D eigenvalue weighted by Crippen LogP contribution is 2.10. The van der Waals surface area contributed by atoms with E-state index in [0.717, 1.165) is 5.75 Å². The number of halogens is 1. The first kappa shape index (κ1) is 16.6. The van der Waals surface area contributed by atoms with Crippen molar-refractivity contribution in [2.45, 2.75) is 18.7 Å². The third-order valence-corrected chi connectivity index (χ3v) is 3.80. The average Bonchev–Trinajstić information content (AvgIpc) is 2.55. The molecule has 1 aliphatic rings. The van der Waals surface area contributed by atoms with E-state index in [1.54, 1.807) is 16.7 Å². The van der Waals surface area contributed by atoms with Crippen molar-refractivity contribution in [2.75, 3.05) is 32.8 Å². The molecule has 22 heavy (non-hydrogen) atoms. The number of carbonyl (C=O) groups excluding carboxylic acids is 2. The van der Waals surface area contributed by atoms with Gasteiger partial charge in [0.2, 0.25) is 11.8 Å². The second-order valence-corrected chi connectivity index (χ2v) is 5.89. The molecular formula is C16H21ClN2O3. The van der Waals surface area contributed by atoms with E-state index < -0.39 is 5.38 Å². The largest absolute Gasteiger partial charge is 0.493 e. The molecule has 0 N–H and O–H groups in total. The lowest BCUT2D eigenvalue weighted by Gasteiger charge is -2.35. The van der Waals surface area contributed by atoms with Crippen molar-refractivity contribution in [3.05, 3.63) is 30.3 Å². The van der Waals surface area contributed by atoms with Gasteiger partial charge in [-0.1, -0.05) is 18.2 Å². The molecule has 0 radical (unpaired) electrons. The Hall–Kier alpha value is -1.75. The maximum absolute atomic E-state index is 12.1. The standard InChI is InChI=1S/C16H21ClN2O3/c1-13(17)16(21)19-10-8-18(9-11-19)15(20)7-12-22-14-5-3-2-4-6-14/h2-6,13H,7-12H2,1H3. The molecule has 1 aromatic rings. The average molecular weight is 325 g/mol.